The first kappa shape index (κ1) is 77.7. The summed E-state index contributed by atoms with van der Waals surface area (Å²) in [5.74, 6) is -1.79. The molecule has 1 aromatic carbocycles. The van der Waals surface area contributed by atoms with Gasteiger partial charge in [0.15, 0.2) is 11.9 Å². The van der Waals surface area contributed by atoms with Crippen LogP contribution in [0.15, 0.2) is 66.7 Å². The summed E-state index contributed by atoms with van der Waals surface area (Å²) in [4.78, 5) is 63.7. The SMILES string of the molecule is CCCCCCC(O)C/C=C\CCCCCCCC(=O)OCC(COC(=O)CCCCCCC/C=C/CC(CCCCCC)OC(=O)Nc1ccc(C)c(NC(=O)O[CH]C(O)=CO)c1)OC(=O)CCCCCCC/C=C\CC(O)CCCCCC. The number of hydrogen-bond donors (Lipinski definition) is 6. The molecule has 485 valence electrons. The van der Waals surface area contributed by atoms with Crippen molar-refractivity contribution in [1.29, 1.82) is 0 Å². The summed E-state index contributed by atoms with van der Waals surface area (Å²) in [5, 5.41) is 43.7. The molecule has 6 N–H and O–H groups in total. The first-order valence-corrected chi connectivity index (χ1v) is 33.0. The lowest BCUT2D eigenvalue weighted by Crippen LogP contribution is -2.30. The van der Waals surface area contributed by atoms with Gasteiger partial charge >= 0.3 is 30.1 Å². The van der Waals surface area contributed by atoms with Crippen LogP contribution in [0.4, 0.5) is 21.0 Å². The van der Waals surface area contributed by atoms with Crippen LogP contribution < -0.4 is 10.6 Å². The number of unbranched alkanes of at least 4 members (excludes halogenated alkanes) is 24. The van der Waals surface area contributed by atoms with Gasteiger partial charge < -0.3 is 44.1 Å². The zero-order valence-electron chi connectivity index (χ0n) is 53.0. The average Bonchev–Trinajstić information content (AvgIpc) is 3.63. The highest BCUT2D eigenvalue weighted by Crippen LogP contribution is 2.23. The van der Waals surface area contributed by atoms with Gasteiger partial charge in [0.1, 0.15) is 25.6 Å². The van der Waals surface area contributed by atoms with E-state index in [2.05, 4.69) is 67.9 Å². The van der Waals surface area contributed by atoms with Crippen molar-refractivity contribution in [2.75, 3.05) is 23.8 Å². The molecule has 85 heavy (non-hydrogen) atoms. The molecule has 4 atom stereocenters. The number of amides is 2. The average molecular weight is 1200 g/mol. The maximum absolute atomic E-state index is 13.0. The third-order valence-electron chi connectivity index (χ3n) is 14.7. The summed E-state index contributed by atoms with van der Waals surface area (Å²) in [6, 6.07) is 4.97. The van der Waals surface area contributed by atoms with Crippen LogP contribution in [-0.4, -0.2) is 88.2 Å². The summed E-state index contributed by atoms with van der Waals surface area (Å²) >= 11 is 0. The third-order valence-corrected chi connectivity index (χ3v) is 14.7. The Morgan fingerprint density at radius 2 is 0.918 bits per heavy atom. The first-order chi connectivity index (χ1) is 41.3. The molecule has 4 unspecified atom stereocenters. The number of carbonyl (C=O) groups excluding carboxylic acids is 5. The Balaban J connectivity index is 2.54. The zero-order chi connectivity index (χ0) is 62.2. The molecule has 16 nitrogen and oxygen atoms in total. The van der Waals surface area contributed by atoms with Crippen molar-refractivity contribution in [3.05, 3.63) is 78.8 Å². The van der Waals surface area contributed by atoms with Crippen molar-refractivity contribution in [1.82, 2.24) is 0 Å². The van der Waals surface area contributed by atoms with Crippen LogP contribution in [0.25, 0.3) is 0 Å². The highest BCUT2D eigenvalue weighted by Gasteiger charge is 2.20. The highest BCUT2D eigenvalue weighted by molar-refractivity contribution is 5.90. The van der Waals surface area contributed by atoms with Crippen LogP contribution in [0, 0.1) is 13.5 Å². The summed E-state index contributed by atoms with van der Waals surface area (Å²) in [7, 11) is 0. The number of esters is 3. The monoisotopic (exact) mass is 1200 g/mol. The van der Waals surface area contributed by atoms with Gasteiger partial charge in [-0.3, -0.25) is 25.0 Å². The summed E-state index contributed by atoms with van der Waals surface area (Å²) < 4.78 is 27.4. The van der Waals surface area contributed by atoms with Crippen LogP contribution in [0.3, 0.4) is 0 Å². The lowest BCUT2D eigenvalue weighted by molar-refractivity contribution is -0.167. The van der Waals surface area contributed by atoms with Gasteiger partial charge in [-0.25, -0.2) is 9.59 Å². The van der Waals surface area contributed by atoms with E-state index in [9.17, 15) is 39.3 Å². The molecule has 0 bridgehead atoms. The Kier molecular flexibility index (Phi) is 50.5. The number of allylic oxidation sites excluding steroid dienone is 3. The number of benzene rings is 1. The molecule has 0 aliphatic heterocycles. The molecule has 0 saturated heterocycles. The molecular weight excluding hydrogens is 1080 g/mol. The number of nitrogens with one attached hydrogen (secondary N) is 2. The van der Waals surface area contributed by atoms with Crippen LogP contribution in [0.1, 0.15) is 277 Å². The third kappa shape index (κ3) is 48.5. The summed E-state index contributed by atoms with van der Waals surface area (Å²) in [5.41, 5.74) is 1.48. The fourth-order valence-corrected chi connectivity index (χ4v) is 9.46. The molecule has 1 aromatic rings. The normalized spacial score (nSPS) is 13.2. The van der Waals surface area contributed by atoms with Crippen molar-refractivity contribution < 1.29 is 68.1 Å². The van der Waals surface area contributed by atoms with Crippen molar-refractivity contribution >= 4 is 41.5 Å². The Morgan fingerprint density at radius 1 is 0.482 bits per heavy atom. The number of ether oxygens (including phenoxy) is 5. The van der Waals surface area contributed by atoms with E-state index in [1.54, 1.807) is 25.1 Å². The molecule has 0 heterocycles. The van der Waals surface area contributed by atoms with Crippen molar-refractivity contribution in [3.8, 4) is 0 Å². The van der Waals surface area contributed by atoms with Crippen LogP contribution in [-0.2, 0) is 38.1 Å². The molecule has 16 heteroatoms. The smallest absolute Gasteiger partial charge is 0.412 e. The largest absolute Gasteiger partial charge is 0.512 e. The lowest BCUT2D eigenvalue weighted by Gasteiger charge is -2.18. The number of rotatable bonds is 55. The van der Waals surface area contributed by atoms with E-state index in [4.69, 9.17) is 28.8 Å². The van der Waals surface area contributed by atoms with Gasteiger partial charge in [0.25, 0.3) is 0 Å². The molecule has 0 spiro atoms. The maximum atomic E-state index is 13.0. The van der Waals surface area contributed by atoms with E-state index in [0.717, 1.165) is 154 Å². The minimum Gasteiger partial charge on any atom is -0.512 e. The molecule has 0 aromatic heterocycles. The van der Waals surface area contributed by atoms with E-state index in [0.29, 0.717) is 68.3 Å². The molecule has 0 aliphatic carbocycles. The second-order valence-electron chi connectivity index (χ2n) is 22.8. The Morgan fingerprint density at radius 3 is 1.40 bits per heavy atom. The standard InChI is InChI=1S/C69H115N2O14/c1-5-8-11-32-41-59(73)43-34-26-20-14-17-23-29-38-47-65(76)81-55-63(84-67(78)49-40-31-25-18-15-21-27-35-44-60(74)42-33-12-9-6-2)56-82-66(77)48-39-30-24-19-16-22-28-37-46-62(45-36-13-10-7-3)85-69(80)70-58-51-50-57(4)64(52-58)71-68(79)83-54-61(75)53-72/h26-28,34-35,37,50-54,59-60,62-63,72-75H,5-25,29-33,36,38-49,55-56H2,1-4H3,(H,70,80)(H,71,79)/b34-26-,35-27-,37-28+,61-53?. The van der Waals surface area contributed by atoms with Crippen LogP contribution in [0.2, 0.25) is 0 Å². The minimum absolute atomic E-state index is 0.174. The predicted octanol–water partition coefficient (Wildman–Crippen LogP) is 18.2. The van der Waals surface area contributed by atoms with Crippen molar-refractivity contribution in [2.24, 2.45) is 0 Å². The number of anilines is 2. The van der Waals surface area contributed by atoms with Crippen LogP contribution in [0.5, 0.6) is 0 Å². The van der Waals surface area contributed by atoms with E-state index in [1.165, 1.54) is 38.5 Å². The number of aryl methyl sites for hydroxylation is 1. The fraction of sp³-hybridized carbons (Fsp3) is 0.710. The van der Waals surface area contributed by atoms with Gasteiger partial charge in [0.2, 0.25) is 6.61 Å². The molecule has 1 rings (SSSR count). The van der Waals surface area contributed by atoms with Gasteiger partial charge in [-0.1, -0.05) is 192 Å². The van der Waals surface area contributed by atoms with Gasteiger partial charge in [-0.05, 0) is 121 Å². The zero-order valence-corrected chi connectivity index (χ0v) is 53.0. The molecule has 2 amide bonds. The Hall–Kier alpha value is -5.35. The molecule has 1 radical (unpaired) electrons. The number of aliphatic hydroxyl groups excluding tert-OH is 4. The lowest BCUT2D eigenvalue weighted by atomic mass is 10.1. The maximum Gasteiger partial charge on any atom is 0.412 e. The molecule has 0 saturated carbocycles. The van der Waals surface area contributed by atoms with Crippen molar-refractivity contribution in [2.45, 2.75) is 303 Å². The second-order valence-corrected chi connectivity index (χ2v) is 22.8. The molecule has 0 aliphatic rings. The van der Waals surface area contributed by atoms with E-state index in [-0.39, 0.29) is 62.7 Å². The molecule has 0 fully saturated rings. The number of hydrogen-bond acceptors (Lipinski definition) is 14. The minimum atomic E-state index is -0.899. The second kappa shape index (κ2) is 55.2. The van der Waals surface area contributed by atoms with Gasteiger partial charge in [-0.15, -0.1) is 0 Å². The van der Waals surface area contributed by atoms with E-state index >= 15 is 0 Å². The highest BCUT2D eigenvalue weighted by atomic mass is 16.6. The summed E-state index contributed by atoms with van der Waals surface area (Å²) in [6.45, 7) is 8.62. The van der Waals surface area contributed by atoms with E-state index in [1.807, 2.05) is 0 Å². The van der Waals surface area contributed by atoms with Gasteiger partial charge in [0.05, 0.1) is 12.2 Å². The summed E-state index contributed by atoms with van der Waals surface area (Å²) in [6.07, 6.45) is 45.2. The number of carbonyl (C=O) groups is 5. The Labute approximate surface area is 512 Å². The van der Waals surface area contributed by atoms with Crippen LogP contribution >= 0.6 is 0 Å². The predicted molar refractivity (Wildman–Crippen MR) is 341 cm³/mol. The quantitative estimate of drug-likeness (QED) is 0.0117. The van der Waals surface area contributed by atoms with E-state index < -0.39 is 30.0 Å². The Bertz CT molecular complexity index is 1990. The fourth-order valence-electron chi connectivity index (χ4n) is 9.46. The first-order valence-electron chi connectivity index (χ1n) is 33.0. The van der Waals surface area contributed by atoms with Gasteiger partial charge in [-0.2, -0.15) is 0 Å². The topological polar surface area (TPSA) is 236 Å². The molecular formula is C69H115N2O14. The van der Waals surface area contributed by atoms with Crippen molar-refractivity contribution in [3.63, 3.8) is 0 Å². The number of aliphatic hydroxyl groups is 4. The van der Waals surface area contributed by atoms with Gasteiger partial charge in [0, 0.05) is 37.1 Å².